The molecular weight excluding hydrogens is 246 g/mol. The van der Waals surface area contributed by atoms with E-state index in [4.69, 9.17) is 4.74 Å². The first kappa shape index (κ1) is 14.9. The van der Waals surface area contributed by atoms with Crippen molar-refractivity contribution in [2.75, 3.05) is 13.7 Å². The Bertz CT molecular complexity index is 550. The van der Waals surface area contributed by atoms with E-state index in [1.807, 2.05) is 6.07 Å². The minimum atomic E-state index is 0.464. The maximum Gasteiger partial charge on any atom is 0.119 e. The topological polar surface area (TPSA) is 21.3 Å². The van der Waals surface area contributed by atoms with Crippen molar-refractivity contribution in [1.82, 2.24) is 5.32 Å². The number of nitrogens with one attached hydrogen (secondary N) is 1. The molecule has 0 heterocycles. The van der Waals surface area contributed by atoms with Crippen molar-refractivity contribution in [3.63, 3.8) is 0 Å². The van der Waals surface area contributed by atoms with Crippen LogP contribution in [0.4, 0.5) is 0 Å². The van der Waals surface area contributed by atoms with Crippen molar-refractivity contribution in [3.8, 4) is 5.75 Å². The first-order valence-corrected chi connectivity index (χ1v) is 7.59. The zero-order valence-corrected chi connectivity index (χ0v) is 12.8. The molecule has 0 saturated carbocycles. The summed E-state index contributed by atoms with van der Waals surface area (Å²) in [5, 5.41) is 6.16. The third kappa shape index (κ3) is 3.51. The van der Waals surface area contributed by atoms with Crippen LogP contribution in [-0.2, 0) is 0 Å². The predicted octanol–water partition coefficient (Wildman–Crippen LogP) is 4.69. The number of benzene rings is 2. The number of ether oxygens (including phenoxy) is 1. The summed E-state index contributed by atoms with van der Waals surface area (Å²) in [6.45, 7) is 5.53. The summed E-state index contributed by atoms with van der Waals surface area (Å²) in [6.07, 6.45) is 3.55. The van der Waals surface area contributed by atoms with Crippen molar-refractivity contribution in [2.24, 2.45) is 0 Å². The summed E-state index contributed by atoms with van der Waals surface area (Å²) in [5.41, 5.74) is 1.39. The lowest BCUT2D eigenvalue weighted by Crippen LogP contribution is -2.21. The van der Waals surface area contributed by atoms with Crippen molar-refractivity contribution >= 4 is 10.8 Å². The molecule has 0 saturated heterocycles. The SMILES string of the molecule is CCCNC(CCC)c1ccc2cc(OC)ccc2c1. The minimum Gasteiger partial charge on any atom is -0.497 e. The highest BCUT2D eigenvalue weighted by atomic mass is 16.5. The molecule has 2 nitrogen and oxygen atoms in total. The summed E-state index contributed by atoms with van der Waals surface area (Å²) in [6, 6.07) is 13.5. The van der Waals surface area contributed by atoms with Crippen LogP contribution in [0.15, 0.2) is 36.4 Å². The van der Waals surface area contributed by atoms with Gasteiger partial charge in [-0.3, -0.25) is 0 Å². The van der Waals surface area contributed by atoms with Crippen molar-refractivity contribution in [2.45, 2.75) is 39.2 Å². The Kier molecular flexibility index (Phi) is 5.42. The van der Waals surface area contributed by atoms with E-state index < -0.39 is 0 Å². The van der Waals surface area contributed by atoms with Gasteiger partial charge < -0.3 is 10.1 Å². The Balaban J connectivity index is 2.28. The first-order valence-electron chi connectivity index (χ1n) is 7.59. The molecule has 0 bridgehead atoms. The molecule has 0 aromatic heterocycles. The Hall–Kier alpha value is -1.54. The van der Waals surface area contributed by atoms with Crippen LogP contribution in [0, 0.1) is 0 Å². The Morgan fingerprint density at radius 1 is 1.00 bits per heavy atom. The highest BCUT2D eigenvalue weighted by molar-refractivity contribution is 5.84. The van der Waals surface area contributed by atoms with Crippen LogP contribution >= 0.6 is 0 Å². The van der Waals surface area contributed by atoms with Crippen LogP contribution in [0.3, 0.4) is 0 Å². The molecule has 108 valence electrons. The number of rotatable bonds is 7. The fraction of sp³-hybridized carbons (Fsp3) is 0.444. The molecule has 0 aliphatic carbocycles. The molecule has 1 N–H and O–H groups in total. The summed E-state index contributed by atoms with van der Waals surface area (Å²) >= 11 is 0. The fourth-order valence-electron chi connectivity index (χ4n) is 2.58. The van der Waals surface area contributed by atoms with E-state index in [9.17, 15) is 0 Å². The maximum atomic E-state index is 5.28. The molecule has 0 spiro atoms. The molecule has 0 aliphatic rings. The maximum absolute atomic E-state index is 5.28. The number of fused-ring (bicyclic) bond motifs is 1. The third-order valence-corrected chi connectivity index (χ3v) is 3.69. The normalized spacial score (nSPS) is 12.6. The van der Waals surface area contributed by atoms with E-state index in [2.05, 4.69) is 49.5 Å². The van der Waals surface area contributed by atoms with Gasteiger partial charge >= 0.3 is 0 Å². The standard InChI is InChI=1S/C18H25NO/c1-4-6-18(19-11-5-2)16-8-7-15-13-17(20-3)10-9-14(15)12-16/h7-10,12-13,18-19H,4-6,11H2,1-3H3. The Morgan fingerprint density at radius 2 is 1.75 bits per heavy atom. The summed E-state index contributed by atoms with van der Waals surface area (Å²) in [5.74, 6) is 0.916. The van der Waals surface area contributed by atoms with Crippen molar-refractivity contribution in [1.29, 1.82) is 0 Å². The van der Waals surface area contributed by atoms with E-state index in [-0.39, 0.29) is 0 Å². The second kappa shape index (κ2) is 7.30. The minimum absolute atomic E-state index is 0.464. The van der Waals surface area contributed by atoms with Gasteiger partial charge in [-0.15, -0.1) is 0 Å². The third-order valence-electron chi connectivity index (χ3n) is 3.69. The fourth-order valence-corrected chi connectivity index (χ4v) is 2.58. The molecule has 20 heavy (non-hydrogen) atoms. The zero-order chi connectivity index (χ0) is 14.4. The van der Waals surface area contributed by atoms with Gasteiger partial charge in [0.15, 0.2) is 0 Å². The molecule has 0 fully saturated rings. The quantitative estimate of drug-likeness (QED) is 0.789. The molecular formula is C18H25NO. The Labute approximate surface area is 122 Å². The monoisotopic (exact) mass is 271 g/mol. The van der Waals surface area contributed by atoms with Crippen LogP contribution < -0.4 is 10.1 Å². The lowest BCUT2D eigenvalue weighted by molar-refractivity contribution is 0.415. The number of hydrogen-bond acceptors (Lipinski definition) is 2. The molecule has 1 atom stereocenters. The van der Waals surface area contributed by atoms with E-state index in [0.717, 1.165) is 12.3 Å². The lowest BCUT2D eigenvalue weighted by Gasteiger charge is -2.19. The van der Waals surface area contributed by atoms with Gasteiger partial charge in [0, 0.05) is 6.04 Å². The van der Waals surface area contributed by atoms with Gasteiger partial charge in [-0.2, -0.15) is 0 Å². The van der Waals surface area contributed by atoms with Crippen molar-refractivity contribution in [3.05, 3.63) is 42.0 Å². The summed E-state index contributed by atoms with van der Waals surface area (Å²) in [7, 11) is 1.71. The zero-order valence-electron chi connectivity index (χ0n) is 12.8. The van der Waals surface area contributed by atoms with Gasteiger partial charge in [-0.1, -0.05) is 38.5 Å². The van der Waals surface area contributed by atoms with Crippen LogP contribution in [0.5, 0.6) is 5.75 Å². The summed E-state index contributed by atoms with van der Waals surface area (Å²) in [4.78, 5) is 0. The van der Waals surface area contributed by atoms with Gasteiger partial charge in [0.05, 0.1) is 7.11 Å². The van der Waals surface area contributed by atoms with E-state index in [1.165, 1.54) is 35.6 Å². The van der Waals surface area contributed by atoms with E-state index in [0.29, 0.717) is 6.04 Å². The molecule has 0 aliphatic heterocycles. The molecule has 2 heteroatoms. The second-order valence-electron chi connectivity index (χ2n) is 5.27. The second-order valence-corrected chi connectivity index (χ2v) is 5.27. The molecule has 2 aromatic carbocycles. The smallest absolute Gasteiger partial charge is 0.119 e. The van der Waals surface area contributed by atoms with E-state index >= 15 is 0 Å². The van der Waals surface area contributed by atoms with Gasteiger partial charge in [0.1, 0.15) is 5.75 Å². The first-order chi connectivity index (χ1) is 9.78. The van der Waals surface area contributed by atoms with Crippen molar-refractivity contribution < 1.29 is 4.74 Å². The van der Waals surface area contributed by atoms with Gasteiger partial charge in [0.25, 0.3) is 0 Å². The largest absolute Gasteiger partial charge is 0.497 e. The van der Waals surface area contributed by atoms with Gasteiger partial charge in [-0.25, -0.2) is 0 Å². The van der Waals surface area contributed by atoms with Gasteiger partial charge in [-0.05, 0) is 53.9 Å². The predicted molar refractivity (Wildman–Crippen MR) is 86.4 cm³/mol. The molecule has 2 aromatic rings. The van der Waals surface area contributed by atoms with Gasteiger partial charge in [0.2, 0.25) is 0 Å². The average molecular weight is 271 g/mol. The molecule has 1 unspecified atom stereocenters. The molecule has 0 radical (unpaired) electrons. The van der Waals surface area contributed by atoms with Crippen LogP contribution in [0.25, 0.3) is 10.8 Å². The van der Waals surface area contributed by atoms with Crippen LogP contribution in [-0.4, -0.2) is 13.7 Å². The Morgan fingerprint density at radius 3 is 2.45 bits per heavy atom. The summed E-state index contributed by atoms with van der Waals surface area (Å²) < 4.78 is 5.28. The lowest BCUT2D eigenvalue weighted by atomic mass is 9.98. The molecule has 0 amide bonds. The average Bonchev–Trinajstić information content (AvgIpc) is 2.50. The number of hydrogen-bond donors (Lipinski definition) is 1. The highest BCUT2D eigenvalue weighted by Gasteiger charge is 2.10. The van der Waals surface area contributed by atoms with E-state index in [1.54, 1.807) is 7.11 Å². The highest BCUT2D eigenvalue weighted by Crippen LogP contribution is 2.26. The number of methoxy groups -OCH3 is 1. The van der Waals surface area contributed by atoms with Crippen LogP contribution in [0.2, 0.25) is 0 Å². The van der Waals surface area contributed by atoms with Crippen LogP contribution in [0.1, 0.15) is 44.7 Å². The molecule has 2 rings (SSSR count).